The lowest BCUT2D eigenvalue weighted by Gasteiger charge is -2.07. The highest BCUT2D eigenvalue weighted by atomic mass is 16.6. The van der Waals surface area contributed by atoms with Crippen LogP contribution in [0.15, 0.2) is 48.7 Å². The smallest absolute Gasteiger partial charge is 0.435 e. The first-order chi connectivity index (χ1) is 11.6. The van der Waals surface area contributed by atoms with Gasteiger partial charge in [-0.25, -0.2) is 9.59 Å². The molecule has 0 aliphatic heterocycles. The number of carboxylic acids is 1. The molecule has 0 unspecified atom stereocenters. The maximum atomic E-state index is 12.3. The molecular weight excluding hydrogens is 312 g/mol. The van der Waals surface area contributed by atoms with Crippen molar-refractivity contribution in [3.05, 3.63) is 59.8 Å². The minimum absolute atomic E-state index is 0.00282. The van der Waals surface area contributed by atoms with E-state index in [9.17, 15) is 14.7 Å². The van der Waals surface area contributed by atoms with Crippen molar-refractivity contribution in [1.82, 2.24) is 9.78 Å². The summed E-state index contributed by atoms with van der Waals surface area (Å²) < 4.78 is 11.4. The molecule has 7 nitrogen and oxygen atoms in total. The van der Waals surface area contributed by atoms with Crippen molar-refractivity contribution < 1.29 is 24.2 Å². The fourth-order valence-corrected chi connectivity index (χ4v) is 2.31. The Hall–Kier alpha value is -3.35. The predicted molar refractivity (Wildman–Crippen MR) is 85.3 cm³/mol. The van der Waals surface area contributed by atoms with E-state index >= 15 is 0 Å². The number of methoxy groups -OCH3 is 1. The van der Waals surface area contributed by atoms with Gasteiger partial charge < -0.3 is 14.6 Å². The van der Waals surface area contributed by atoms with Crippen LogP contribution in [0.2, 0.25) is 0 Å². The number of nitrogens with zero attached hydrogens (tertiary/aromatic N) is 2. The maximum absolute atomic E-state index is 12.3. The van der Waals surface area contributed by atoms with Gasteiger partial charge in [0.2, 0.25) is 0 Å². The summed E-state index contributed by atoms with van der Waals surface area (Å²) in [6.07, 6.45) is 0.738. The Morgan fingerprint density at radius 1 is 1.21 bits per heavy atom. The van der Waals surface area contributed by atoms with E-state index in [1.54, 1.807) is 0 Å². The molecule has 2 aromatic carbocycles. The van der Waals surface area contributed by atoms with Gasteiger partial charge in [0.15, 0.2) is 0 Å². The quantitative estimate of drug-likeness (QED) is 0.792. The molecule has 0 bridgehead atoms. The zero-order chi connectivity index (χ0) is 17.1. The lowest BCUT2D eigenvalue weighted by Crippen LogP contribution is -2.15. The number of fused-ring (bicyclic) bond motifs is 1. The summed E-state index contributed by atoms with van der Waals surface area (Å²) in [4.78, 5) is 23.5. The number of aromatic carboxylic acids is 1. The SMILES string of the molecule is COc1cc(C(=O)O)cc2c1cnn2C(=O)OCc1ccccc1. The summed E-state index contributed by atoms with van der Waals surface area (Å²) in [7, 11) is 1.42. The summed E-state index contributed by atoms with van der Waals surface area (Å²) >= 11 is 0. The normalized spacial score (nSPS) is 10.5. The average Bonchev–Trinajstić information content (AvgIpc) is 3.03. The first-order valence-corrected chi connectivity index (χ1v) is 7.10. The van der Waals surface area contributed by atoms with Gasteiger partial charge in [0.1, 0.15) is 12.4 Å². The predicted octanol–water partition coefficient (Wildman–Crippen LogP) is 2.93. The zero-order valence-corrected chi connectivity index (χ0v) is 12.8. The first kappa shape index (κ1) is 15.5. The standard InChI is InChI=1S/C17H14N2O5/c1-23-15-8-12(16(20)21)7-14-13(15)9-18-19(14)17(22)24-10-11-5-3-2-4-6-11/h2-9H,10H2,1H3,(H,20,21). The zero-order valence-electron chi connectivity index (χ0n) is 12.8. The lowest BCUT2D eigenvalue weighted by atomic mass is 10.1. The van der Waals surface area contributed by atoms with Gasteiger partial charge in [-0.05, 0) is 17.7 Å². The molecule has 0 fully saturated rings. The number of carbonyl (C=O) groups excluding carboxylic acids is 1. The van der Waals surface area contributed by atoms with Crippen molar-refractivity contribution in [3.63, 3.8) is 0 Å². The molecule has 0 aliphatic rings. The summed E-state index contributed by atoms with van der Waals surface area (Å²) in [5.74, 6) is -0.799. The van der Waals surface area contributed by atoms with Gasteiger partial charge >= 0.3 is 12.1 Å². The number of carbonyl (C=O) groups is 2. The molecule has 0 amide bonds. The van der Waals surface area contributed by atoms with Gasteiger partial charge in [-0.1, -0.05) is 30.3 Å². The van der Waals surface area contributed by atoms with Crippen molar-refractivity contribution in [3.8, 4) is 5.75 Å². The van der Waals surface area contributed by atoms with Gasteiger partial charge in [-0.3, -0.25) is 0 Å². The van der Waals surface area contributed by atoms with E-state index in [4.69, 9.17) is 9.47 Å². The van der Waals surface area contributed by atoms with E-state index in [-0.39, 0.29) is 12.2 Å². The molecule has 1 heterocycles. The number of benzene rings is 2. The van der Waals surface area contributed by atoms with Gasteiger partial charge in [-0.2, -0.15) is 9.78 Å². The van der Waals surface area contributed by atoms with Crippen molar-refractivity contribution >= 4 is 23.0 Å². The molecule has 1 aromatic heterocycles. The average molecular weight is 326 g/mol. The third-order valence-corrected chi connectivity index (χ3v) is 3.50. The van der Waals surface area contributed by atoms with Crippen LogP contribution in [0, 0.1) is 0 Å². The van der Waals surface area contributed by atoms with Crippen LogP contribution in [0.1, 0.15) is 15.9 Å². The van der Waals surface area contributed by atoms with E-state index in [0.29, 0.717) is 16.7 Å². The van der Waals surface area contributed by atoms with Crippen LogP contribution in [0.25, 0.3) is 10.9 Å². The third-order valence-electron chi connectivity index (χ3n) is 3.50. The van der Waals surface area contributed by atoms with Gasteiger partial charge in [-0.15, -0.1) is 0 Å². The van der Waals surface area contributed by atoms with Gasteiger partial charge in [0.05, 0.1) is 29.8 Å². The van der Waals surface area contributed by atoms with E-state index in [2.05, 4.69) is 5.10 Å². The molecule has 7 heteroatoms. The van der Waals surface area contributed by atoms with Gasteiger partial charge in [0.25, 0.3) is 0 Å². The lowest BCUT2D eigenvalue weighted by molar-refractivity contribution is 0.0696. The van der Waals surface area contributed by atoms with Crippen LogP contribution in [0.4, 0.5) is 4.79 Å². The fourth-order valence-electron chi connectivity index (χ4n) is 2.31. The number of hydrogen-bond donors (Lipinski definition) is 1. The fraction of sp³-hybridized carbons (Fsp3) is 0.118. The second-order valence-electron chi connectivity index (χ2n) is 5.01. The molecule has 0 spiro atoms. The Morgan fingerprint density at radius 2 is 1.96 bits per heavy atom. The molecule has 3 rings (SSSR count). The number of hydrogen-bond acceptors (Lipinski definition) is 5. The summed E-state index contributed by atoms with van der Waals surface area (Å²) in [6, 6.07) is 12.0. The Balaban J connectivity index is 1.92. The molecule has 24 heavy (non-hydrogen) atoms. The highest BCUT2D eigenvalue weighted by Crippen LogP contribution is 2.27. The monoisotopic (exact) mass is 326 g/mol. The highest BCUT2D eigenvalue weighted by Gasteiger charge is 2.18. The summed E-state index contributed by atoms with van der Waals surface area (Å²) in [6.45, 7) is 0.0940. The Labute approximate surface area is 137 Å². The van der Waals surface area contributed by atoms with Crippen LogP contribution < -0.4 is 4.74 Å². The summed E-state index contributed by atoms with van der Waals surface area (Å²) in [5.41, 5.74) is 1.15. The van der Waals surface area contributed by atoms with Crippen molar-refractivity contribution in [2.24, 2.45) is 0 Å². The highest BCUT2D eigenvalue weighted by molar-refractivity contribution is 5.98. The Bertz CT molecular complexity index is 902. The van der Waals surface area contributed by atoms with Crippen LogP contribution in [-0.4, -0.2) is 34.1 Å². The van der Waals surface area contributed by atoms with Crippen molar-refractivity contribution in [2.75, 3.05) is 7.11 Å². The van der Waals surface area contributed by atoms with E-state index in [1.165, 1.54) is 25.4 Å². The Kier molecular flexibility index (Phi) is 4.15. The Morgan fingerprint density at radius 3 is 2.62 bits per heavy atom. The van der Waals surface area contributed by atoms with E-state index in [0.717, 1.165) is 10.2 Å². The topological polar surface area (TPSA) is 90.6 Å². The molecule has 0 atom stereocenters. The molecule has 1 N–H and O–H groups in total. The van der Waals surface area contributed by atoms with Crippen molar-refractivity contribution in [2.45, 2.75) is 6.61 Å². The molecule has 0 radical (unpaired) electrons. The minimum Gasteiger partial charge on any atom is -0.496 e. The molecule has 0 saturated heterocycles. The molecule has 0 aliphatic carbocycles. The maximum Gasteiger partial charge on any atom is 0.435 e. The van der Waals surface area contributed by atoms with Crippen LogP contribution >= 0.6 is 0 Å². The molecule has 122 valence electrons. The first-order valence-electron chi connectivity index (χ1n) is 7.10. The molecule has 0 saturated carbocycles. The third kappa shape index (κ3) is 2.91. The van der Waals surface area contributed by atoms with Gasteiger partial charge in [0, 0.05) is 0 Å². The minimum atomic E-state index is -1.12. The van der Waals surface area contributed by atoms with Crippen molar-refractivity contribution in [1.29, 1.82) is 0 Å². The molecular formula is C17H14N2O5. The van der Waals surface area contributed by atoms with Crippen LogP contribution in [0.3, 0.4) is 0 Å². The van der Waals surface area contributed by atoms with E-state index in [1.807, 2.05) is 30.3 Å². The van der Waals surface area contributed by atoms with Crippen LogP contribution in [0.5, 0.6) is 5.75 Å². The molecule has 3 aromatic rings. The number of carboxylic acid groups (broad SMARTS) is 1. The number of rotatable bonds is 4. The summed E-state index contributed by atoms with van der Waals surface area (Å²) in [5, 5.41) is 13.7. The number of aromatic nitrogens is 2. The van der Waals surface area contributed by atoms with Crippen LogP contribution in [-0.2, 0) is 11.3 Å². The van der Waals surface area contributed by atoms with E-state index < -0.39 is 12.1 Å². The largest absolute Gasteiger partial charge is 0.496 e. The second-order valence-corrected chi connectivity index (χ2v) is 5.01. The second kappa shape index (κ2) is 6.41. The number of ether oxygens (including phenoxy) is 2.